The van der Waals surface area contributed by atoms with Crippen molar-refractivity contribution in [3.8, 4) is 0 Å². The Bertz CT molecular complexity index is 257. The van der Waals surface area contributed by atoms with E-state index in [4.69, 9.17) is 5.73 Å². The molecule has 1 saturated heterocycles. The first-order valence-corrected chi connectivity index (χ1v) is 5.71. The van der Waals surface area contributed by atoms with E-state index in [2.05, 4.69) is 12.2 Å². The molecule has 0 aliphatic carbocycles. The Balaban J connectivity index is 2.61. The van der Waals surface area contributed by atoms with Gasteiger partial charge in [0.2, 0.25) is 0 Å². The second kappa shape index (κ2) is 4.87. The lowest BCUT2D eigenvalue weighted by Crippen LogP contribution is -2.43. The van der Waals surface area contributed by atoms with Crippen molar-refractivity contribution < 1.29 is 13.2 Å². The van der Waals surface area contributed by atoms with Gasteiger partial charge in [0, 0.05) is 19.6 Å². The van der Waals surface area contributed by atoms with Gasteiger partial charge in [-0.25, -0.2) is 0 Å². The van der Waals surface area contributed by atoms with E-state index < -0.39 is 17.1 Å². The summed E-state index contributed by atoms with van der Waals surface area (Å²) in [7, 11) is 0. The SMILES string of the molecule is CC1CN(CC(C(N)=S)C(F)(F)F)CC1C. The third-order valence-corrected chi connectivity index (χ3v) is 3.53. The molecule has 0 amide bonds. The average Bonchev–Trinajstić information content (AvgIpc) is 2.40. The summed E-state index contributed by atoms with van der Waals surface area (Å²) < 4.78 is 37.9. The van der Waals surface area contributed by atoms with Gasteiger partial charge in [-0.1, -0.05) is 26.1 Å². The first kappa shape index (κ1) is 13.7. The number of thiocarbonyl (C=S) groups is 1. The minimum Gasteiger partial charge on any atom is -0.393 e. The predicted octanol–water partition coefficient (Wildman–Crippen LogP) is 2.04. The molecule has 3 atom stereocenters. The Morgan fingerprint density at radius 2 is 1.81 bits per heavy atom. The Morgan fingerprint density at radius 3 is 2.12 bits per heavy atom. The maximum absolute atomic E-state index is 12.6. The van der Waals surface area contributed by atoms with Crippen molar-refractivity contribution in [1.82, 2.24) is 4.90 Å². The van der Waals surface area contributed by atoms with Crippen molar-refractivity contribution in [1.29, 1.82) is 0 Å². The zero-order chi connectivity index (χ0) is 12.5. The fourth-order valence-corrected chi connectivity index (χ4v) is 2.22. The highest BCUT2D eigenvalue weighted by Gasteiger charge is 2.43. The molecule has 16 heavy (non-hydrogen) atoms. The molecule has 1 fully saturated rings. The maximum atomic E-state index is 12.6. The minimum atomic E-state index is -4.33. The summed E-state index contributed by atoms with van der Waals surface area (Å²) in [5.74, 6) is -0.819. The van der Waals surface area contributed by atoms with Crippen molar-refractivity contribution in [3.05, 3.63) is 0 Å². The van der Waals surface area contributed by atoms with Gasteiger partial charge in [0.15, 0.2) is 0 Å². The van der Waals surface area contributed by atoms with Crippen LogP contribution in [-0.2, 0) is 0 Å². The summed E-state index contributed by atoms with van der Waals surface area (Å²) in [5.41, 5.74) is 5.16. The third-order valence-electron chi connectivity index (χ3n) is 3.24. The highest BCUT2D eigenvalue weighted by atomic mass is 32.1. The molecular formula is C10H17F3N2S. The second-order valence-electron chi connectivity index (χ2n) is 4.67. The van der Waals surface area contributed by atoms with E-state index in [-0.39, 0.29) is 6.54 Å². The van der Waals surface area contributed by atoms with Gasteiger partial charge < -0.3 is 10.6 Å². The molecule has 1 aliphatic rings. The summed E-state index contributed by atoms with van der Waals surface area (Å²) in [6.07, 6.45) is -4.33. The van der Waals surface area contributed by atoms with Crippen LogP contribution in [0, 0.1) is 17.8 Å². The van der Waals surface area contributed by atoms with Crippen molar-refractivity contribution in [3.63, 3.8) is 0 Å². The number of hydrogen-bond acceptors (Lipinski definition) is 2. The average molecular weight is 254 g/mol. The van der Waals surface area contributed by atoms with Crippen LogP contribution in [0.25, 0.3) is 0 Å². The van der Waals surface area contributed by atoms with Crippen LogP contribution in [0.1, 0.15) is 13.8 Å². The van der Waals surface area contributed by atoms with Crippen LogP contribution < -0.4 is 5.73 Å². The zero-order valence-electron chi connectivity index (χ0n) is 9.42. The van der Waals surface area contributed by atoms with Gasteiger partial charge in [0.1, 0.15) is 5.92 Å². The van der Waals surface area contributed by atoms with Crippen molar-refractivity contribution >= 4 is 17.2 Å². The van der Waals surface area contributed by atoms with E-state index >= 15 is 0 Å². The lowest BCUT2D eigenvalue weighted by Gasteiger charge is -2.24. The summed E-state index contributed by atoms with van der Waals surface area (Å²) in [6, 6.07) is 0. The Labute approximate surface area is 99.0 Å². The molecule has 1 aliphatic heterocycles. The van der Waals surface area contributed by atoms with E-state index in [1.165, 1.54) is 0 Å². The number of nitrogens with two attached hydrogens (primary N) is 1. The van der Waals surface area contributed by atoms with Gasteiger partial charge in [-0.3, -0.25) is 0 Å². The first-order chi connectivity index (χ1) is 7.21. The molecule has 6 heteroatoms. The molecule has 0 aromatic heterocycles. The van der Waals surface area contributed by atoms with E-state index in [9.17, 15) is 13.2 Å². The van der Waals surface area contributed by atoms with Crippen molar-refractivity contribution in [2.24, 2.45) is 23.5 Å². The lowest BCUT2D eigenvalue weighted by atomic mass is 10.0. The quantitative estimate of drug-likeness (QED) is 0.781. The summed E-state index contributed by atoms with van der Waals surface area (Å²) in [6.45, 7) is 5.38. The van der Waals surface area contributed by atoms with E-state index in [1.807, 2.05) is 13.8 Å². The molecule has 0 bridgehead atoms. The Kier molecular flexibility index (Phi) is 4.17. The van der Waals surface area contributed by atoms with Gasteiger partial charge in [-0.15, -0.1) is 0 Å². The van der Waals surface area contributed by atoms with Crippen LogP contribution in [0.5, 0.6) is 0 Å². The minimum absolute atomic E-state index is 0.104. The molecule has 0 aromatic carbocycles. The van der Waals surface area contributed by atoms with Gasteiger partial charge in [-0.2, -0.15) is 13.2 Å². The highest BCUT2D eigenvalue weighted by Crippen LogP contribution is 2.30. The van der Waals surface area contributed by atoms with Crippen LogP contribution >= 0.6 is 12.2 Å². The van der Waals surface area contributed by atoms with Gasteiger partial charge in [-0.05, 0) is 11.8 Å². The number of halogens is 3. The summed E-state index contributed by atoms with van der Waals surface area (Å²) >= 11 is 4.49. The van der Waals surface area contributed by atoms with Gasteiger partial charge in [0.25, 0.3) is 0 Å². The molecule has 0 aromatic rings. The largest absolute Gasteiger partial charge is 0.399 e. The number of hydrogen-bond donors (Lipinski definition) is 1. The molecule has 94 valence electrons. The second-order valence-corrected chi connectivity index (χ2v) is 5.14. The van der Waals surface area contributed by atoms with Crippen LogP contribution in [0.15, 0.2) is 0 Å². The molecule has 0 spiro atoms. The Hall–Kier alpha value is -0.360. The standard InChI is InChI=1S/C10H17F3N2S/c1-6-3-15(4-7(6)2)5-8(9(14)16)10(11,12)13/h6-8H,3-5H2,1-2H3,(H2,14,16). The molecule has 2 N–H and O–H groups in total. The predicted molar refractivity (Wildman–Crippen MR) is 61.1 cm³/mol. The van der Waals surface area contributed by atoms with Crippen LogP contribution in [0.4, 0.5) is 13.2 Å². The topological polar surface area (TPSA) is 29.3 Å². The fourth-order valence-electron chi connectivity index (χ4n) is 2.01. The monoisotopic (exact) mass is 254 g/mol. The van der Waals surface area contributed by atoms with E-state index in [0.29, 0.717) is 24.9 Å². The normalized spacial score (nSPS) is 29.3. The zero-order valence-corrected chi connectivity index (χ0v) is 10.2. The lowest BCUT2D eigenvalue weighted by molar-refractivity contribution is -0.158. The van der Waals surface area contributed by atoms with Crippen molar-refractivity contribution in [2.45, 2.75) is 20.0 Å². The first-order valence-electron chi connectivity index (χ1n) is 5.30. The molecule has 3 unspecified atom stereocenters. The van der Waals surface area contributed by atoms with Gasteiger partial charge >= 0.3 is 6.18 Å². The Morgan fingerprint density at radius 1 is 1.38 bits per heavy atom. The highest BCUT2D eigenvalue weighted by molar-refractivity contribution is 7.80. The number of nitrogens with zero attached hydrogens (tertiary/aromatic N) is 1. The summed E-state index contributed by atoms with van der Waals surface area (Å²) in [5, 5.41) is 0. The smallest absolute Gasteiger partial charge is 0.393 e. The molecule has 0 saturated carbocycles. The number of likely N-dealkylation sites (tertiary alicyclic amines) is 1. The van der Waals surface area contributed by atoms with Crippen molar-refractivity contribution in [2.75, 3.05) is 19.6 Å². The van der Waals surface area contributed by atoms with Gasteiger partial charge in [0.05, 0.1) is 4.99 Å². The van der Waals surface area contributed by atoms with Crippen LogP contribution in [0.3, 0.4) is 0 Å². The van der Waals surface area contributed by atoms with E-state index in [0.717, 1.165) is 0 Å². The van der Waals surface area contributed by atoms with E-state index in [1.54, 1.807) is 4.90 Å². The number of rotatable bonds is 3. The maximum Gasteiger partial charge on any atom is 0.399 e. The van der Waals surface area contributed by atoms with Crippen LogP contribution in [-0.4, -0.2) is 35.7 Å². The molecule has 1 rings (SSSR count). The summed E-state index contributed by atoms with van der Waals surface area (Å²) in [4.78, 5) is 1.34. The molecule has 1 heterocycles. The molecule has 2 nitrogen and oxygen atoms in total. The van der Waals surface area contributed by atoms with Crippen LogP contribution in [0.2, 0.25) is 0 Å². The third kappa shape index (κ3) is 3.31. The molecular weight excluding hydrogens is 237 g/mol. The number of alkyl halides is 3. The fraction of sp³-hybridized carbons (Fsp3) is 0.900. The molecule has 0 radical (unpaired) electrons.